The normalized spacial score (nSPS) is 11.8. The molecule has 0 spiro atoms. The number of hydrogen-bond acceptors (Lipinski definition) is 5. The fourth-order valence-corrected chi connectivity index (χ4v) is 2.81. The number of rotatable bonds is 7. The molecule has 2 rings (SSSR count). The summed E-state index contributed by atoms with van der Waals surface area (Å²) in [7, 11) is -3.66. The highest BCUT2D eigenvalue weighted by molar-refractivity contribution is 7.89. The summed E-state index contributed by atoms with van der Waals surface area (Å²) in [4.78, 5) is 6.99. The summed E-state index contributed by atoms with van der Waals surface area (Å²) in [5.41, 5.74) is 0.249. The molecule has 0 fully saturated rings. The number of imidazole rings is 1. The second-order valence-electron chi connectivity index (χ2n) is 3.92. The molecule has 0 saturated carbocycles. The summed E-state index contributed by atoms with van der Waals surface area (Å²) in [6.07, 6.45) is 5.94. The predicted molar refractivity (Wildman–Crippen MR) is 66.6 cm³/mol. The summed E-state index contributed by atoms with van der Waals surface area (Å²) in [6.45, 7) is -0.0912. The highest BCUT2D eigenvalue weighted by Crippen LogP contribution is 2.11. The van der Waals surface area contributed by atoms with Gasteiger partial charge >= 0.3 is 0 Å². The maximum atomic E-state index is 11.9. The fraction of sp³-hybridized carbons (Fsp3) is 0.400. The van der Waals surface area contributed by atoms with Gasteiger partial charge in [-0.25, -0.2) is 18.1 Å². The molecule has 2 heterocycles. The van der Waals surface area contributed by atoms with E-state index in [-0.39, 0.29) is 23.7 Å². The lowest BCUT2D eigenvalue weighted by atomic mass is 10.3. The molecule has 0 aliphatic rings. The van der Waals surface area contributed by atoms with Gasteiger partial charge in [-0.2, -0.15) is 5.10 Å². The Morgan fingerprint density at radius 1 is 1.42 bits per heavy atom. The Kier molecular flexibility index (Phi) is 4.30. The van der Waals surface area contributed by atoms with Crippen LogP contribution in [0.3, 0.4) is 0 Å². The van der Waals surface area contributed by atoms with Crippen molar-refractivity contribution in [1.82, 2.24) is 24.9 Å². The number of aromatic amines is 2. The molecule has 104 valence electrons. The van der Waals surface area contributed by atoms with E-state index in [9.17, 15) is 8.42 Å². The molecule has 9 heteroatoms. The van der Waals surface area contributed by atoms with Crippen molar-refractivity contribution in [2.24, 2.45) is 0 Å². The minimum atomic E-state index is -3.66. The van der Waals surface area contributed by atoms with E-state index in [0.29, 0.717) is 12.8 Å². The molecule has 2 aromatic heterocycles. The van der Waals surface area contributed by atoms with Gasteiger partial charge in [0.2, 0.25) is 0 Å². The van der Waals surface area contributed by atoms with Crippen LogP contribution in [-0.2, 0) is 23.1 Å². The first-order valence-corrected chi connectivity index (χ1v) is 7.23. The van der Waals surface area contributed by atoms with Crippen molar-refractivity contribution in [3.05, 3.63) is 30.0 Å². The number of aryl methyl sites for hydroxylation is 1. The first kappa shape index (κ1) is 13.7. The van der Waals surface area contributed by atoms with Crippen LogP contribution in [0.25, 0.3) is 0 Å². The van der Waals surface area contributed by atoms with Gasteiger partial charge in [0.05, 0.1) is 12.8 Å². The van der Waals surface area contributed by atoms with Crippen LogP contribution in [0.2, 0.25) is 0 Å². The Labute approximate surface area is 110 Å². The van der Waals surface area contributed by atoms with Crippen LogP contribution in [-0.4, -0.2) is 40.2 Å². The third-order valence-corrected chi connectivity index (χ3v) is 4.03. The van der Waals surface area contributed by atoms with Gasteiger partial charge in [0.25, 0.3) is 10.0 Å². The van der Waals surface area contributed by atoms with Crippen LogP contribution in [0.4, 0.5) is 0 Å². The Bertz CT molecular complexity index is 605. The van der Waals surface area contributed by atoms with E-state index in [1.54, 1.807) is 12.4 Å². The summed E-state index contributed by atoms with van der Waals surface area (Å²) in [6, 6.07) is 0. The Morgan fingerprint density at radius 2 is 2.26 bits per heavy atom. The molecule has 0 atom stereocenters. The van der Waals surface area contributed by atoms with Crippen molar-refractivity contribution >= 4 is 10.0 Å². The summed E-state index contributed by atoms with van der Waals surface area (Å²) < 4.78 is 26.3. The molecular weight excluding hydrogens is 270 g/mol. The minimum absolute atomic E-state index is 0.0898. The van der Waals surface area contributed by atoms with E-state index in [1.165, 1.54) is 6.20 Å². The molecule has 0 radical (unpaired) electrons. The lowest BCUT2D eigenvalue weighted by molar-refractivity contribution is 0.278. The molecule has 0 aromatic carbocycles. The zero-order valence-electron chi connectivity index (χ0n) is 10.1. The van der Waals surface area contributed by atoms with Gasteiger partial charge in [-0.15, -0.1) is 0 Å². The molecule has 19 heavy (non-hydrogen) atoms. The second-order valence-corrected chi connectivity index (χ2v) is 5.62. The number of sulfonamides is 1. The van der Waals surface area contributed by atoms with Crippen LogP contribution < -0.4 is 4.72 Å². The maximum absolute atomic E-state index is 11.9. The van der Waals surface area contributed by atoms with Crippen molar-refractivity contribution < 1.29 is 13.5 Å². The predicted octanol–water partition coefficient (Wildman–Crippen LogP) is -0.464. The lowest BCUT2D eigenvalue weighted by Gasteiger charge is -2.05. The first-order valence-electron chi connectivity index (χ1n) is 5.74. The molecule has 0 bridgehead atoms. The molecule has 0 amide bonds. The molecule has 0 unspecified atom stereocenters. The van der Waals surface area contributed by atoms with E-state index in [0.717, 1.165) is 5.82 Å². The van der Waals surface area contributed by atoms with Crippen molar-refractivity contribution in [1.29, 1.82) is 0 Å². The molecule has 0 aliphatic heterocycles. The number of aromatic nitrogens is 4. The van der Waals surface area contributed by atoms with Gasteiger partial charge in [0, 0.05) is 30.9 Å². The van der Waals surface area contributed by atoms with E-state index in [4.69, 9.17) is 5.11 Å². The Balaban J connectivity index is 1.88. The number of nitrogens with zero attached hydrogens (tertiary/aromatic N) is 2. The van der Waals surface area contributed by atoms with E-state index >= 15 is 0 Å². The van der Waals surface area contributed by atoms with Crippen LogP contribution in [0.1, 0.15) is 17.8 Å². The lowest BCUT2D eigenvalue weighted by Crippen LogP contribution is -2.26. The number of hydrogen-bond donors (Lipinski definition) is 4. The van der Waals surface area contributed by atoms with Crippen LogP contribution >= 0.6 is 0 Å². The van der Waals surface area contributed by atoms with Crippen LogP contribution in [0.5, 0.6) is 0 Å². The summed E-state index contributed by atoms with van der Waals surface area (Å²) in [5, 5.41) is 14.9. The quantitative estimate of drug-likeness (QED) is 0.512. The van der Waals surface area contributed by atoms with Crippen LogP contribution in [0.15, 0.2) is 23.6 Å². The summed E-state index contributed by atoms with van der Waals surface area (Å²) >= 11 is 0. The van der Waals surface area contributed by atoms with Crippen molar-refractivity contribution in [3.63, 3.8) is 0 Å². The van der Waals surface area contributed by atoms with E-state index < -0.39 is 10.0 Å². The first-order chi connectivity index (χ1) is 9.13. The zero-order valence-corrected chi connectivity index (χ0v) is 10.9. The smallest absolute Gasteiger partial charge is 0.257 e. The molecule has 0 aliphatic carbocycles. The second kappa shape index (κ2) is 5.95. The third-order valence-electron chi connectivity index (χ3n) is 2.55. The Hall–Kier alpha value is -1.71. The molecule has 2 aromatic rings. The van der Waals surface area contributed by atoms with Crippen LogP contribution in [0, 0.1) is 0 Å². The number of H-pyrrole nitrogens is 2. The minimum Gasteiger partial charge on any atom is -0.392 e. The maximum Gasteiger partial charge on any atom is 0.257 e. The van der Waals surface area contributed by atoms with Gasteiger partial charge < -0.3 is 10.1 Å². The monoisotopic (exact) mass is 285 g/mol. The Morgan fingerprint density at radius 3 is 2.95 bits per heavy atom. The van der Waals surface area contributed by atoms with Gasteiger partial charge in [-0.1, -0.05) is 0 Å². The van der Waals surface area contributed by atoms with E-state index in [2.05, 4.69) is 24.9 Å². The van der Waals surface area contributed by atoms with Gasteiger partial charge in [-0.3, -0.25) is 5.10 Å². The third kappa shape index (κ3) is 3.40. The average Bonchev–Trinajstić information content (AvgIpc) is 3.05. The SMILES string of the molecule is O=S(=O)(NCCCc1ncc[nH]1)c1[nH]ncc1CO. The standard InChI is InChI=1S/C10H15N5O3S/c16-7-8-6-13-15-10(8)19(17,18)14-3-1-2-9-11-4-5-12-9/h4-6,14,16H,1-3,7H2,(H,11,12)(H,13,15). The molecular formula is C10H15N5O3S. The van der Waals surface area contributed by atoms with Gasteiger partial charge in [0.1, 0.15) is 5.82 Å². The number of aliphatic hydroxyl groups excluding tert-OH is 1. The number of aliphatic hydroxyl groups is 1. The topological polar surface area (TPSA) is 124 Å². The molecule has 0 saturated heterocycles. The fourth-order valence-electron chi connectivity index (χ4n) is 1.61. The van der Waals surface area contributed by atoms with Crippen molar-refractivity contribution in [3.8, 4) is 0 Å². The number of nitrogens with one attached hydrogen (secondary N) is 3. The molecule has 4 N–H and O–H groups in total. The molecule has 8 nitrogen and oxygen atoms in total. The zero-order chi connectivity index (χ0) is 13.7. The largest absolute Gasteiger partial charge is 0.392 e. The highest BCUT2D eigenvalue weighted by Gasteiger charge is 2.19. The van der Waals surface area contributed by atoms with E-state index in [1.807, 2.05) is 0 Å². The van der Waals surface area contributed by atoms with Crippen molar-refractivity contribution in [2.45, 2.75) is 24.5 Å². The summed E-state index contributed by atoms with van der Waals surface area (Å²) in [5.74, 6) is 0.816. The highest BCUT2D eigenvalue weighted by atomic mass is 32.2. The van der Waals surface area contributed by atoms with Crippen molar-refractivity contribution in [2.75, 3.05) is 6.54 Å². The van der Waals surface area contributed by atoms with Gasteiger partial charge in [-0.05, 0) is 6.42 Å². The average molecular weight is 285 g/mol. The van der Waals surface area contributed by atoms with Gasteiger partial charge in [0.15, 0.2) is 5.03 Å².